The molecule has 54 valence electrons. The van der Waals surface area contributed by atoms with E-state index < -0.39 is 11.8 Å². The van der Waals surface area contributed by atoms with Gasteiger partial charge < -0.3 is 19.2 Å². The zero-order chi connectivity index (χ0) is 7.98. The lowest BCUT2D eigenvalue weighted by molar-refractivity contribution is -0.130. The van der Waals surface area contributed by atoms with Crippen LogP contribution in [0.4, 0.5) is 0 Å². The monoisotopic (exact) mass is 142 g/mol. The van der Waals surface area contributed by atoms with Gasteiger partial charge in [-0.3, -0.25) is 0 Å². The topological polar surface area (TPSA) is 68.3 Å². The van der Waals surface area contributed by atoms with E-state index in [1.165, 1.54) is 0 Å². The maximum absolute atomic E-state index is 9.95. The number of hydrogen-bond acceptors (Lipinski definition) is 4. The van der Waals surface area contributed by atoms with Crippen LogP contribution in [0.15, 0.2) is 0 Å². The predicted octanol–water partition coefficient (Wildman–Crippen LogP) is -0.986. The molecule has 0 amide bonds. The highest BCUT2D eigenvalue weighted by Gasteiger charge is 2.18. The molecule has 0 atom stereocenters. The van der Waals surface area contributed by atoms with Crippen molar-refractivity contribution < 1.29 is 19.2 Å². The number of aldehydes is 4. The molecular weight excluding hydrogens is 136 g/mol. The molecule has 4 nitrogen and oxygen atoms in total. The third-order valence-electron chi connectivity index (χ3n) is 1.07. The second-order valence-corrected chi connectivity index (χ2v) is 1.70. The second kappa shape index (κ2) is 4.55. The van der Waals surface area contributed by atoms with Crippen LogP contribution in [0.3, 0.4) is 0 Å². The molecule has 4 heteroatoms. The van der Waals surface area contributed by atoms with Gasteiger partial charge in [-0.2, -0.15) is 0 Å². The number of hydrogen-bond donors (Lipinski definition) is 0. The largest absolute Gasteiger partial charge is 0.303 e. The van der Waals surface area contributed by atoms with Crippen molar-refractivity contribution in [2.45, 2.75) is 0 Å². The lowest BCUT2D eigenvalue weighted by atomic mass is 9.98. The minimum atomic E-state index is -1.12. The van der Waals surface area contributed by atoms with E-state index in [2.05, 4.69) is 0 Å². The molecule has 10 heavy (non-hydrogen) atoms. The average molecular weight is 142 g/mol. The summed E-state index contributed by atoms with van der Waals surface area (Å²) in [4.78, 5) is 39.8. The van der Waals surface area contributed by atoms with Crippen molar-refractivity contribution in [3.63, 3.8) is 0 Å². The lowest BCUT2D eigenvalue weighted by Gasteiger charge is -2.00. The van der Waals surface area contributed by atoms with E-state index in [1.807, 2.05) is 0 Å². The van der Waals surface area contributed by atoms with Crippen LogP contribution in [0.5, 0.6) is 0 Å². The summed E-state index contributed by atoms with van der Waals surface area (Å²) in [6.45, 7) is 0. The van der Waals surface area contributed by atoms with Crippen molar-refractivity contribution >= 4 is 25.1 Å². The van der Waals surface area contributed by atoms with Crippen LogP contribution >= 0.6 is 0 Å². The van der Waals surface area contributed by atoms with Gasteiger partial charge in [-0.1, -0.05) is 0 Å². The van der Waals surface area contributed by atoms with Crippen LogP contribution in [0.2, 0.25) is 0 Å². The van der Waals surface area contributed by atoms with E-state index in [9.17, 15) is 19.2 Å². The smallest absolute Gasteiger partial charge is 0.131 e. The molecule has 0 bridgehead atoms. The highest BCUT2D eigenvalue weighted by Crippen LogP contribution is 1.99. The van der Waals surface area contributed by atoms with E-state index in [1.54, 1.807) is 0 Å². The first kappa shape index (κ1) is 8.68. The van der Waals surface area contributed by atoms with Gasteiger partial charge in [0.25, 0.3) is 0 Å². The minimum absolute atomic E-state index is 0.278. The van der Waals surface area contributed by atoms with Crippen molar-refractivity contribution in [2.24, 2.45) is 11.8 Å². The van der Waals surface area contributed by atoms with Gasteiger partial charge in [-0.05, 0) is 0 Å². The van der Waals surface area contributed by atoms with Crippen LogP contribution in [0.1, 0.15) is 0 Å². The summed E-state index contributed by atoms with van der Waals surface area (Å²) in [5, 5.41) is 0. The summed E-state index contributed by atoms with van der Waals surface area (Å²) in [5.74, 6) is -2.23. The highest BCUT2D eigenvalue weighted by molar-refractivity contribution is 5.91. The Labute approximate surface area is 57.2 Å². The van der Waals surface area contributed by atoms with Crippen molar-refractivity contribution in [2.75, 3.05) is 0 Å². The Bertz CT molecular complexity index is 118. The van der Waals surface area contributed by atoms with Gasteiger partial charge in [0.2, 0.25) is 0 Å². The molecule has 0 aliphatic heterocycles. The first-order valence-corrected chi connectivity index (χ1v) is 2.61. The second-order valence-electron chi connectivity index (χ2n) is 1.70. The zero-order valence-corrected chi connectivity index (χ0v) is 5.10. The zero-order valence-electron chi connectivity index (χ0n) is 5.10. The Morgan fingerprint density at radius 1 is 0.600 bits per heavy atom. The van der Waals surface area contributed by atoms with E-state index in [-0.39, 0.29) is 25.1 Å². The molecular formula is C6H6O4. The lowest BCUT2D eigenvalue weighted by Crippen LogP contribution is -2.19. The molecule has 0 unspecified atom stereocenters. The quantitative estimate of drug-likeness (QED) is 0.365. The Kier molecular flexibility index (Phi) is 3.95. The molecule has 0 aromatic rings. The standard InChI is InChI=1S/C6H6O4/c7-1-5(2-8)6(3-9)4-10/h1-6H. The van der Waals surface area contributed by atoms with Gasteiger partial charge in [0.15, 0.2) is 0 Å². The first-order chi connectivity index (χ1) is 4.79. The van der Waals surface area contributed by atoms with Crippen molar-refractivity contribution in [1.82, 2.24) is 0 Å². The van der Waals surface area contributed by atoms with Gasteiger partial charge in [0.05, 0.1) is 11.8 Å². The maximum Gasteiger partial charge on any atom is 0.131 e. The van der Waals surface area contributed by atoms with Crippen LogP contribution < -0.4 is 0 Å². The third-order valence-corrected chi connectivity index (χ3v) is 1.07. The van der Waals surface area contributed by atoms with Gasteiger partial charge in [0.1, 0.15) is 25.1 Å². The molecule has 0 aromatic carbocycles. The highest BCUT2D eigenvalue weighted by atomic mass is 16.1. The minimum Gasteiger partial charge on any atom is -0.303 e. The molecule has 0 saturated carbocycles. The number of carbonyl (C=O) groups excluding carboxylic acids is 4. The Balaban J connectivity index is 4.20. The fourth-order valence-corrected chi connectivity index (χ4v) is 0.427. The van der Waals surface area contributed by atoms with Crippen LogP contribution in [-0.2, 0) is 19.2 Å². The fraction of sp³-hybridized carbons (Fsp3) is 0.333. The van der Waals surface area contributed by atoms with Crippen LogP contribution in [0, 0.1) is 11.8 Å². The van der Waals surface area contributed by atoms with Crippen molar-refractivity contribution in [3.05, 3.63) is 0 Å². The Morgan fingerprint density at radius 3 is 0.900 bits per heavy atom. The number of carbonyl (C=O) groups is 4. The van der Waals surface area contributed by atoms with Gasteiger partial charge in [-0.25, -0.2) is 0 Å². The van der Waals surface area contributed by atoms with E-state index in [4.69, 9.17) is 0 Å². The van der Waals surface area contributed by atoms with Crippen LogP contribution in [-0.4, -0.2) is 25.1 Å². The summed E-state index contributed by atoms with van der Waals surface area (Å²) in [6.07, 6.45) is 1.11. The van der Waals surface area contributed by atoms with Gasteiger partial charge >= 0.3 is 0 Å². The third kappa shape index (κ3) is 1.89. The molecule has 0 saturated heterocycles. The molecule has 0 aromatic heterocycles. The summed E-state index contributed by atoms with van der Waals surface area (Å²) >= 11 is 0. The molecule has 0 spiro atoms. The molecule has 0 N–H and O–H groups in total. The first-order valence-electron chi connectivity index (χ1n) is 2.61. The Hall–Kier alpha value is -1.32. The van der Waals surface area contributed by atoms with E-state index >= 15 is 0 Å². The van der Waals surface area contributed by atoms with Crippen LogP contribution in [0.25, 0.3) is 0 Å². The van der Waals surface area contributed by atoms with Gasteiger partial charge in [-0.15, -0.1) is 0 Å². The molecule has 0 heterocycles. The molecule has 0 rings (SSSR count). The van der Waals surface area contributed by atoms with Crippen molar-refractivity contribution in [3.8, 4) is 0 Å². The fourth-order valence-electron chi connectivity index (χ4n) is 0.427. The van der Waals surface area contributed by atoms with Gasteiger partial charge in [0, 0.05) is 0 Å². The summed E-state index contributed by atoms with van der Waals surface area (Å²) in [7, 11) is 0. The average Bonchev–Trinajstić information content (AvgIpc) is 2.00. The molecule has 0 radical (unpaired) electrons. The summed E-state index contributed by atoms with van der Waals surface area (Å²) in [6, 6.07) is 0. The SMILES string of the molecule is O=CC(C=O)C(C=O)C=O. The summed E-state index contributed by atoms with van der Waals surface area (Å²) in [5.41, 5.74) is 0. The maximum atomic E-state index is 9.95. The summed E-state index contributed by atoms with van der Waals surface area (Å²) < 4.78 is 0. The predicted molar refractivity (Wildman–Crippen MR) is 31.2 cm³/mol. The van der Waals surface area contributed by atoms with Crippen molar-refractivity contribution in [1.29, 1.82) is 0 Å². The molecule has 0 fully saturated rings. The van der Waals surface area contributed by atoms with E-state index in [0.717, 1.165) is 0 Å². The normalized spacial score (nSPS) is 9.40. The molecule has 0 aliphatic carbocycles. The molecule has 0 aliphatic rings. The van der Waals surface area contributed by atoms with E-state index in [0.29, 0.717) is 0 Å². The Morgan fingerprint density at radius 2 is 0.800 bits per heavy atom. The number of rotatable bonds is 5.